The third-order valence-corrected chi connectivity index (χ3v) is 1.74. The Kier molecular flexibility index (Phi) is 4.13. The van der Waals surface area contributed by atoms with Crippen LogP contribution in [0.3, 0.4) is 0 Å². The molecule has 3 nitrogen and oxygen atoms in total. The van der Waals surface area contributed by atoms with Crippen molar-refractivity contribution < 1.29 is 14.3 Å². The zero-order chi connectivity index (χ0) is 10.4. The van der Waals surface area contributed by atoms with Crippen LogP contribution < -0.4 is 4.74 Å². The van der Waals surface area contributed by atoms with Crippen LogP contribution in [0.2, 0.25) is 0 Å². The molecule has 0 fully saturated rings. The molecule has 1 rings (SSSR count). The van der Waals surface area contributed by atoms with E-state index in [2.05, 4.69) is 0 Å². The molecular formula is C11H14O3. The lowest BCUT2D eigenvalue weighted by Crippen LogP contribution is -2.16. The first kappa shape index (κ1) is 10.7. The second kappa shape index (κ2) is 5.40. The summed E-state index contributed by atoms with van der Waals surface area (Å²) in [5.41, 5.74) is 0.541. The van der Waals surface area contributed by atoms with Crippen molar-refractivity contribution in [3.8, 4) is 5.75 Å². The molecular weight excluding hydrogens is 180 g/mol. The highest BCUT2D eigenvalue weighted by Crippen LogP contribution is 2.17. The van der Waals surface area contributed by atoms with Crippen molar-refractivity contribution in [3.05, 3.63) is 29.8 Å². The molecule has 0 aromatic heterocycles. The number of carbonyl (C=O) groups is 1. The second-order valence-electron chi connectivity index (χ2n) is 2.80. The maximum Gasteiger partial charge on any atom is 0.196 e. The molecule has 0 saturated carbocycles. The van der Waals surface area contributed by atoms with Crippen molar-refractivity contribution in [3.63, 3.8) is 0 Å². The molecule has 1 unspecified atom stereocenters. The van der Waals surface area contributed by atoms with Gasteiger partial charge in [0, 0.05) is 6.61 Å². The molecule has 0 heterocycles. The Balaban J connectivity index is 2.70. The molecule has 0 N–H and O–H groups in total. The van der Waals surface area contributed by atoms with E-state index >= 15 is 0 Å². The second-order valence-corrected chi connectivity index (χ2v) is 2.80. The number of hydrogen-bond donors (Lipinski definition) is 0. The summed E-state index contributed by atoms with van der Waals surface area (Å²) in [5.74, 6) is 0.559. The monoisotopic (exact) mass is 194 g/mol. The Bertz CT molecular complexity index is 296. The summed E-state index contributed by atoms with van der Waals surface area (Å²) < 4.78 is 10.6. The van der Waals surface area contributed by atoms with E-state index < -0.39 is 0 Å². The molecule has 0 aliphatic heterocycles. The topological polar surface area (TPSA) is 35.5 Å². The zero-order valence-corrected chi connectivity index (χ0v) is 8.40. The van der Waals surface area contributed by atoms with E-state index in [1.54, 1.807) is 25.1 Å². The van der Waals surface area contributed by atoms with Gasteiger partial charge in [0.25, 0.3) is 0 Å². The number of rotatable bonds is 5. The standard InChI is InChI=1S/C11H14O3/c1-3-13-9(2)14-11-7-5-4-6-10(11)8-12/h4-9H,3H2,1-2H3. The van der Waals surface area contributed by atoms with E-state index in [1.807, 2.05) is 13.0 Å². The minimum atomic E-state index is -0.332. The van der Waals surface area contributed by atoms with Crippen molar-refractivity contribution in [1.29, 1.82) is 0 Å². The highest BCUT2D eigenvalue weighted by atomic mass is 16.7. The van der Waals surface area contributed by atoms with Crippen LogP contribution in [0, 0.1) is 0 Å². The van der Waals surface area contributed by atoms with E-state index in [9.17, 15) is 4.79 Å². The first-order valence-electron chi connectivity index (χ1n) is 4.60. The van der Waals surface area contributed by atoms with E-state index in [4.69, 9.17) is 9.47 Å². The van der Waals surface area contributed by atoms with Gasteiger partial charge in [0.05, 0.1) is 5.56 Å². The number of para-hydroxylation sites is 1. The maximum atomic E-state index is 10.6. The molecule has 0 saturated heterocycles. The summed E-state index contributed by atoms with van der Waals surface area (Å²) >= 11 is 0. The van der Waals surface area contributed by atoms with Crippen LogP contribution in [0.5, 0.6) is 5.75 Å². The van der Waals surface area contributed by atoms with Crippen molar-refractivity contribution >= 4 is 6.29 Å². The molecule has 14 heavy (non-hydrogen) atoms. The molecule has 0 aliphatic carbocycles. The first-order chi connectivity index (χ1) is 6.77. The van der Waals surface area contributed by atoms with Gasteiger partial charge in [0.2, 0.25) is 0 Å². The molecule has 3 heteroatoms. The predicted molar refractivity (Wildman–Crippen MR) is 53.5 cm³/mol. The van der Waals surface area contributed by atoms with Crippen molar-refractivity contribution in [2.45, 2.75) is 20.1 Å². The van der Waals surface area contributed by atoms with Crippen LogP contribution in [-0.2, 0) is 4.74 Å². The summed E-state index contributed by atoms with van der Waals surface area (Å²) in [7, 11) is 0. The Morgan fingerprint density at radius 2 is 2.14 bits per heavy atom. The number of aldehydes is 1. The molecule has 1 aromatic rings. The number of ether oxygens (including phenoxy) is 2. The van der Waals surface area contributed by atoms with Crippen LogP contribution in [0.1, 0.15) is 24.2 Å². The van der Waals surface area contributed by atoms with Gasteiger partial charge in [-0.05, 0) is 26.0 Å². The Morgan fingerprint density at radius 3 is 2.79 bits per heavy atom. The van der Waals surface area contributed by atoms with E-state index in [1.165, 1.54) is 0 Å². The fourth-order valence-electron chi connectivity index (χ4n) is 1.13. The quantitative estimate of drug-likeness (QED) is 0.532. The third kappa shape index (κ3) is 2.85. The van der Waals surface area contributed by atoms with Crippen molar-refractivity contribution in [1.82, 2.24) is 0 Å². The normalized spacial score (nSPS) is 12.1. The lowest BCUT2D eigenvalue weighted by molar-refractivity contribution is -0.0614. The number of carbonyl (C=O) groups excluding carboxylic acids is 1. The fraction of sp³-hybridized carbons (Fsp3) is 0.364. The van der Waals surface area contributed by atoms with Gasteiger partial charge in [0.15, 0.2) is 12.6 Å². The van der Waals surface area contributed by atoms with Crippen molar-refractivity contribution in [2.24, 2.45) is 0 Å². The summed E-state index contributed by atoms with van der Waals surface area (Å²) in [6.07, 6.45) is 0.440. The Morgan fingerprint density at radius 1 is 1.43 bits per heavy atom. The number of benzene rings is 1. The van der Waals surface area contributed by atoms with Gasteiger partial charge in [-0.3, -0.25) is 4.79 Å². The molecule has 76 valence electrons. The number of hydrogen-bond acceptors (Lipinski definition) is 3. The lowest BCUT2D eigenvalue weighted by Gasteiger charge is -2.15. The highest BCUT2D eigenvalue weighted by molar-refractivity contribution is 5.79. The van der Waals surface area contributed by atoms with Crippen LogP contribution in [0.4, 0.5) is 0 Å². The van der Waals surface area contributed by atoms with E-state index in [0.717, 1.165) is 6.29 Å². The molecule has 1 atom stereocenters. The van der Waals surface area contributed by atoms with Crippen LogP contribution >= 0.6 is 0 Å². The third-order valence-electron chi connectivity index (χ3n) is 1.74. The van der Waals surface area contributed by atoms with Gasteiger partial charge in [0.1, 0.15) is 5.75 Å². The highest BCUT2D eigenvalue weighted by Gasteiger charge is 2.06. The maximum absolute atomic E-state index is 10.6. The van der Waals surface area contributed by atoms with Gasteiger partial charge >= 0.3 is 0 Å². The average Bonchev–Trinajstić information content (AvgIpc) is 2.19. The Hall–Kier alpha value is -1.35. The van der Waals surface area contributed by atoms with E-state index in [0.29, 0.717) is 17.9 Å². The molecule has 0 spiro atoms. The molecule has 0 radical (unpaired) electrons. The van der Waals surface area contributed by atoms with Gasteiger partial charge in [-0.25, -0.2) is 0 Å². The van der Waals surface area contributed by atoms with Gasteiger partial charge < -0.3 is 9.47 Å². The van der Waals surface area contributed by atoms with Crippen LogP contribution in [0.25, 0.3) is 0 Å². The summed E-state index contributed by atoms with van der Waals surface area (Å²) in [5, 5.41) is 0. The van der Waals surface area contributed by atoms with Gasteiger partial charge in [-0.2, -0.15) is 0 Å². The van der Waals surface area contributed by atoms with E-state index in [-0.39, 0.29) is 6.29 Å². The average molecular weight is 194 g/mol. The first-order valence-corrected chi connectivity index (χ1v) is 4.60. The summed E-state index contributed by atoms with van der Waals surface area (Å²) in [6, 6.07) is 7.07. The Labute approximate surface area is 83.6 Å². The van der Waals surface area contributed by atoms with Crippen LogP contribution in [-0.4, -0.2) is 19.2 Å². The lowest BCUT2D eigenvalue weighted by atomic mass is 10.2. The van der Waals surface area contributed by atoms with Crippen molar-refractivity contribution in [2.75, 3.05) is 6.61 Å². The largest absolute Gasteiger partial charge is 0.465 e. The minimum absolute atomic E-state index is 0.332. The zero-order valence-electron chi connectivity index (χ0n) is 8.40. The fourth-order valence-corrected chi connectivity index (χ4v) is 1.13. The molecule has 1 aromatic carbocycles. The smallest absolute Gasteiger partial charge is 0.196 e. The van der Waals surface area contributed by atoms with Gasteiger partial charge in [-0.1, -0.05) is 12.1 Å². The molecule has 0 amide bonds. The van der Waals surface area contributed by atoms with Gasteiger partial charge in [-0.15, -0.1) is 0 Å². The van der Waals surface area contributed by atoms with Crippen LogP contribution in [0.15, 0.2) is 24.3 Å². The SMILES string of the molecule is CCOC(C)Oc1ccccc1C=O. The molecule has 0 aliphatic rings. The summed E-state index contributed by atoms with van der Waals surface area (Å²) in [6.45, 7) is 4.28. The minimum Gasteiger partial charge on any atom is -0.465 e. The predicted octanol–water partition coefficient (Wildman–Crippen LogP) is 2.26. The molecule has 0 bridgehead atoms. The summed E-state index contributed by atoms with van der Waals surface area (Å²) in [4.78, 5) is 10.6.